The van der Waals surface area contributed by atoms with Gasteiger partial charge in [0.15, 0.2) is 5.78 Å². The summed E-state index contributed by atoms with van der Waals surface area (Å²) in [6.45, 7) is 4.30. The average molecular weight is 525 g/mol. The molecule has 3 aromatic rings. The van der Waals surface area contributed by atoms with Gasteiger partial charge in [0.05, 0.1) is 11.6 Å². The van der Waals surface area contributed by atoms with Crippen LogP contribution in [-0.2, 0) is 12.8 Å². The maximum absolute atomic E-state index is 12.9. The fourth-order valence-corrected chi connectivity index (χ4v) is 6.10. The number of pyridine rings is 1. The van der Waals surface area contributed by atoms with Gasteiger partial charge in [0.1, 0.15) is 0 Å². The second-order valence-electron chi connectivity index (χ2n) is 12.0. The number of likely N-dealkylation sites (N-methyl/N-ethyl adjacent to an activating group) is 1. The first kappa shape index (κ1) is 25.7. The SMILES string of the molecule is CN1CC(NC(=O)c2cccc(C(=O)CCNC(=O)c3ccc4nc5c(cc4c3)C[C@@H](C3(C)CC3)CC5)c2)C1. The molecule has 6 rings (SSSR count). The van der Waals surface area contributed by atoms with Crippen LogP contribution in [0.4, 0.5) is 0 Å². The van der Waals surface area contributed by atoms with Gasteiger partial charge < -0.3 is 15.5 Å². The molecule has 2 aromatic carbocycles. The lowest BCUT2D eigenvalue weighted by Crippen LogP contribution is -2.57. The van der Waals surface area contributed by atoms with E-state index in [-0.39, 0.29) is 36.6 Å². The summed E-state index contributed by atoms with van der Waals surface area (Å²) in [5.74, 6) is 0.249. The quantitative estimate of drug-likeness (QED) is 0.432. The van der Waals surface area contributed by atoms with Crippen molar-refractivity contribution in [2.75, 3.05) is 26.7 Å². The standard InChI is InChI=1S/C32H36N4O3/c1-32(11-12-32)25-7-9-28-24(17-25)16-23-15-22(6-8-27(23)35-28)30(38)33-13-10-29(37)20-4-3-5-21(14-20)31(39)34-26-18-36(2)19-26/h3-6,8,14-16,25-26H,7,9-13,17-19H2,1-2H3,(H,33,38)(H,34,39)/t25-/m0/s1. The molecule has 1 aromatic heterocycles. The second kappa shape index (κ2) is 10.2. The Labute approximate surface area is 229 Å². The van der Waals surface area contributed by atoms with Crippen LogP contribution in [0.5, 0.6) is 0 Å². The summed E-state index contributed by atoms with van der Waals surface area (Å²) in [4.78, 5) is 45.2. The highest BCUT2D eigenvalue weighted by molar-refractivity contribution is 6.01. The molecule has 1 atom stereocenters. The summed E-state index contributed by atoms with van der Waals surface area (Å²) in [6, 6.07) is 14.8. The normalized spacial score (nSPS) is 20.1. The summed E-state index contributed by atoms with van der Waals surface area (Å²) < 4.78 is 0. The third kappa shape index (κ3) is 5.46. The van der Waals surface area contributed by atoms with Gasteiger partial charge in [-0.05, 0) is 92.4 Å². The van der Waals surface area contributed by atoms with Crippen molar-refractivity contribution in [3.8, 4) is 0 Å². The first-order valence-electron chi connectivity index (χ1n) is 14.1. The molecule has 202 valence electrons. The number of hydrogen-bond acceptors (Lipinski definition) is 5. The van der Waals surface area contributed by atoms with Crippen molar-refractivity contribution in [2.45, 2.75) is 51.5 Å². The van der Waals surface area contributed by atoms with E-state index in [0.717, 1.165) is 42.8 Å². The molecule has 0 bridgehead atoms. The summed E-state index contributed by atoms with van der Waals surface area (Å²) >= 11 is 0. The zero-order chi connectivity index (χ0) is 27.1. The van der Waals surface area contributed by atoms with Gasteiger partial charge in [-0.15, -0.1) is 0 Å². The molecule has 0 unspecified atom stereocenters. The molecule has 2 heterocycles. The van der Waals surface area contributed by atoms with Crippen LogP contribution in [0, 0.1) is 11.3 Å². The molecule has 2 amide bonds. The lowest BCUT2D eigenvalue weighted by molar-refractivity contribution is 0.0857. The van der Waals surface area contributed by atoms with Crippen LogP contribution in [0.2, 0.25) is 0 Å². The fraction of sp³-hybridized carbons (Fsp3) is 0.438. The summed E-state index contributed by atoms with van der Waals surface area (Å²) in [6.07, 6.45) is 6.16. The van der Waals surface area contributed by atoms with Gasteiger partial charge in [0.25, 0.3) is 11.8 Å². The Bertz CT molecular complexity index is 1460. The molecule has 7 heteroatoms. The topological polar surface area (TPSA) is 91.4 Å². The van der Waals surface area contributed by atoms with Crippen molar-refractivity contribution in [1.82, 2.24) is 20.5 Å². The van der Waals surface area contributed by atoms with Gasteiger partial charge in [-0.25, -0.2) is 0 Å². The highest BCUT2D eigenvalue weighted by Gasteiger charge is 2.45. The molecule has 1 saturated heterocycles. The van der Waals surface area contributed by atoms with Crippen molar-refractivity contribution >= 4 is 28.5 Å². The van der Waals surface area contributed by atoms with E-state index in [1.807, 2.05) is 19.2 Å². The highest BCUT2D eigenvalue weighted by Crippen LogP contribution is 2.55. The van der Waals surface area contributed by atoms with Crippen LogP contribution >= 0.6 is 0 Å². The third-order valence-corrected chi connectivity index (χ3v) is 8.95. The van der Waals surface area contributed by atoms with Gasteiger partial charge in [-0.2, -0.15) is 0 Å². The second-order valence-corrected chi connectivity index (χ2v) is 12.0. The van der Waals surface area contributed by atoms with E-state index in [9.17, 15) is 14.4 Å². The van der Waals surface area contributed by atoms with Gasteiger partial charge in [0, 0.05) is 53.8 Å². The molecule has 7 nitrogen and oxygen atoms in total. The van der Waals surface area contributed by atoms with Crippen LogP contribution < -0.4 is 10.6 Å². The Balaban J connectivity index is 1.05. The number of Topliss-reactive ketones (excluding diaryl/α,β-unsaturated/α-hetero) is 1. The van der Waals surface area contributed by atoms with Gasteiger partial charge in [0.2, 0.25) is 0 Å². The predicted molar refractivity (Wildman–Crippen MR) is 151 cm³/mol. The van der Waals surface area contributed by atoms with Crippen molar-refractivity contribution < 1.29 is 14.4 Å². The Hall–Kier alpha value is -3.58. The Kier molecular flexibility index (Phi) is 6.71. The Morgan fingerprint density at radius 3 is 2.54 bits per heavy atom. The maximum Gasteiger partial charge on any atom is 0.251 e. The zero-order valence-corrected chi connectivity index (χ0v) is 22.8. The molecule has 2 aliphatic carbocycles. The van der Waals surface area contributed by atoms with E-state index in [0.29, 0.717) is 22.1 Å². The van der Waals surface area contributed by atoms with Gasteiger partial charge in [-0.1, -0.05) is 19.1 Å². The molecule has 3 aliphatic rings. The monoisotopic (exact) mass is 524 g/mol. The van der Waals surface area contributed by atoms with Crippen LogP contribution in [0.3, 0.4) is 0 Å². The van der Waals surface area contributed by atoms with Crippen molar-refractivity contribution in [3.63, 3.8) is 0 Å². The minimum atomic E-state index is -0.204. The molecule has 0 radical (unpaired) electrons. The van der Waals surface area contributed by atoms with E-state index in [1.165, 1.54) is 30.5 Å². The molecule has 39 heavy (non-hydrogen) atoms. The number of rotatable bonds is 8. The van der Waals surface area contributed by atoms with Crippen LogP contribution in [0.1, 0.15) is 74.9 Å². The first-order valence-corrected chi connectivity index (χ1v) is 14.1. The number of ketones is 1. The van der Waals surface area contributed by atoms with Gasteiger partial charge >= 0.3 is 0 Å². The van der Waals surface area contributed by atoms with Crippen LogP contribution in [0.15, 0.2) is 48.5 Å². The number of fused-ring (bicyclic) bond motifs is 2. The molecule has 0 spiro atoms. The number of nitrogens with zero attached hydrogens (tertiary/aromatic N) is 2. The first-order chi connectivity index (χ1) is 18.8. The highest BCUT2D eigenvalue weighted by atomic mass is 16.2. The smallest absolute Gasteiger partial charge is 0.251 e. The number of nitrogens with one attached hydrogen (secondary N) is 2. The lowest BCUT2D eigenvalue weighted by atomic mass is 9.77. The van der Waals surface area contributed by atoms with Crippen LogP contribution in [-0.4, -0.2) is 60.2 Å². The predicted octanol–water partition coefficient (Wildman–Crippen LogP) is 4.19. The number of hydrogen-bond donors (Lipinski definition) is 2. The minimum Gasteiger partial charge on any atom is -0.352 e. The summed E-state index contributed by atoms with van der Waals surface area (Å²) in [7, 11) is 2.01. The Morgan fingerprint density at radius 1 is 1.00 bits per heavy atom. The largest absolute Gasteiger partial charge is 0.352 e. The van der Waals surface area contributed by atoms with E-state index in [2.05, 4.69) is 28.5 Å². The number of aryl methyl sites for hydroxylation is 1. The fourth-order valence-electron chi connectivity index (χ4n) is 6.10. The molecule has 1 aliphatic heterocycles. The number of benzene rings is 2. The zero-order valence-electron chi connectivity index (χ0n) is 22.8. The van der Waals surface area contributed by atoms with Crippen LogP contribution in [0.25, 0.3) is 10.9 Å². The van der Waals surface area contributed by atoms with E-state index >= 15 is 0 Å². The number of amides is 2. The van der Waals surface area contributed by atoms with E-state index in [1.54, 1.807) is 30.3 Å². The van der Waals surface area contributed by atoms with E-state index < -0.39 is 0 Å². The number of likely N-dealkylation sites (tertiary alicyclic amines) is 1. The molecule has 2 fully saturated rings. The maximum atomic E-state index is 12.9. The minimum absolute atomic E-state index is 0.110. The summed E-state index contributed by atoms with van der Waals surface area (Å²) in [5, 5.41) is 6.86. The lowest BCUT2D eigenvalue weighted by Gasteiger charge is -2.36. The van der Waals surface area contributed by atoms with Crippen molar-refractivity contribution in [3.05, 3.63) is 76.5 Å². The molecular weight excluding hydrogens is 488 g/mol. The number of carbonyl (C=O) groups is 3. The third-order valence-electron chi connectivity index (χ3n) is 8.95. The van der Waals surface area contributed by atoms with Crippen molar-refractivity contribution in [1.29, 1.82) is 0 Å². The molecule has 2 N–H and O–H groups in total. The summed E-state index contributed by atoms with van der Waals surface area (Å²) in [5.41, 5.74) is 5.48. The average Bonchev–Trinajstić information content (AvgIpc) is 3.68. The van der Waals surface area contributed by atoms with Crippen molar-refractivity contribution in [2.24, 2.45) is 11.3 Å². The van der Waals surface area contributed by atoms with E-state index in [4.69, 9.17) is 4.98 Å². The van der Waals surface area contributed by atoms with Gasteiger partial charge in [-0.3, -0.25) is 19.4 Å². The number of carbonyl (C=O) groups excluding carboxylic acids is 3. The Morgan fingerprint density at radius 2 is 1.77 bits per heavy atom. The molecular formula is C32H36N4O3. The molecule has 1 saturated carbocycles. The number of aromatic nitrogens is 1.